The SMILES string of the molecule is O=C(CSc1nnnn1C1CCCC1)NC(=O)[C@H]1COc2ccccc2O1. The molecule has 1 aliphatic heterocycles. The number of carbonyl (C=O) groups is 2. The number of aromatic nitrogens is 4. The number of amides is 2. The lowest BCUT2D eigenvalue weighted by molar-refractivity contribution is -0.135. The number of hydrogen-bond acceptors (Lipinski definition) is 8. The van der Waals surface area contributed by atoms with Crippen LogP contribution in [0, 0.1) is 0 Å². The Labute approximate surface area is 159 Å². The maximum atomic E-state index is 12.3. The van der Waals surface area contributed by atoms with Crippen molar-refractivity contribution in [2.75, 3.05) is 12.4 Å². The van der Waals surface area contributed by atoms with E-state index in [4.69, 9.17) is 9.47 Å². The van der Waals surface area contributed by atoms with Gasteiger partial charge in [0.1, 0.15) is 6.61 Å². The molecular formula is C17H19N5O4S. The molecule has 1 atom stereocenters. The number of nitrogens with one attached hydrogen (secondary N) is 1. The van der Waals surface area contributed by atoms with Crippen LogP contribution in [-0.4, -0.2) is 50.5 Å². The monoisotopic (exact) mass is 389 g/mol. The number of benzene rings is 1. The first kappa shape index (κ1) is 17.8. The van der Waals surface area contributed by atoms with E-state index in [2.05, 4.69) is 20.8 Å². The maximum Gasteiger partial charge on any atom is 0.271 e. The van der Waals surface area contributed by atoms with E-state index in [9.17, 15) is 9.59 Å². The van der Waals surface area contributed by atoms with Crippen molar-refractivity contribution in [1.82, 2.24) is 25.5 Å². The smallest absolute Gasteiger partial charge is 0.271 e. The van der Waals surface area contributed by atoms with Gasteiger partial charge in [-0.3, -0.25) is 14.9 Å². The zero-order valence-corrected chi connectivity index (χ0v) is 15.4. The minimum absolute atomic E-state index is 0.0446. The summed E-state index contributed by atoms with van der Waals surface area (Å²) in [5.74, 6) is 0.172. The fourth-order valence-corrected chi connectivity index (χ4v) is 3.94. The predicted molar refractivity (Wildman–Crippen MR) is 95.5 cm³/mol. The molecule has 142 valence electrons. The van der Waals surface area contributed by atoms with Gasteiger partial charge >= 0.3 is 0 Å². The van der Waals surface area contributed by atoms with Crippen molar-refractivity contribution < 1.29 is 19.1 Å². The Hall–Kier alpha value is -2.62. The van der Waals surface area contributed by atoms with Crippen molar-refractivity contribution in [3.05, 3.63) is 24.3 Å². The summed E-state index contributed by atoms with van der Waals surface area (Å²) in [6.07, 6.45) is 3.55. The maximum absolute atomic E-state index is 12.3. The fraction of sp³-hybridized carbons (Fsp3) is 0.471. The van der Waals surface area contributed by atoms with Gasteiger partial charge in [-0.25, -0.2) is 4.68 Å². The molecule has 0 radical (unpaired) electrons. The Morgan fingerprint density at radius 3 is 2.81 bits per heavy atom. The van der Waals surface area contributed by atoms with E-state index < -0.39 is 17.9 Å². The Bertz CT molecular complexity index is 836. The van der Waals surface area contributed by atoms with Crippen LogP contribution in [-0.2, 0) is 9.59 Å². The first-order valence-corrected chi connectivity index (χ1v) is 9.82. The highest BCUT2D eigenvalue weighted by Gasteiger charge is 2.29. The number of para-hydroxylation sites is 2. The molecule has 1 N–H and O–H groups in total. The minimum atomic E-state index is -0.863. The van der Waals surface area contributed by atoms with Gasteiger partial charge in [0, 0.05) is 0 Å². The van der Waals surface area contributed by atoms with E-state index >= 15 is 0 Å². The number of ether oxygens (including phenoxy) is 2. The van der Waals surface area contributed by atoms with E-state index in [-0.39, 0.29) is 12.4 Å². The van der Waals surface area contributed by atoms with E-state index in [1.54, 1.807) is 22.9 Å². The molecule has 2 aromatic rings. The van der Waals surface area contributed by atoms with Crippen LogP contribution in [0.15, 0.2) is 29.4 Å². The number of hydrogen-bond donors (Lipinski definition) is 1. The molecule has 0 spiro atoms. The number of nitrogens with zero attached hydrogens (tertiary/aromatic N) is 4. The minimum Gasteiger partial charge on any atom is -0.485 e. The van der Waals surface area contributed by atoms with Gasteiger partial charge in [-0.1, -0.05) is 36.7 Å². The Balaban J connectivity index is 1.29. The van der Waals surface area contributed by atoms with Gasteiger partial charge in [-0.2, -0.15) is 0 Å². The van der Waals surface area contributed by atoms with Gasteiger partial charge in [0.2, 0.25) is 17.2 Å². The number of rotatable bonds is 5. The normalized spacial score (nSPS) is 19.0. The van der Waals surface area contributed by atoms with Gasteiger partial charge in [0.15, 0.2) is 11.5 Å². The van der Waals surface area contributed by atoms with E-state index in [1.165, 1.54) is 11.8 Å². The second-order valence-corrected chi connectivity index (χ2v) is 7.35. The molecular weight excluding hydrogens is 370 g/mol. The Morgan fingerprint density at radius 1 is 1.22 bits per heavy atom. The highest BCUT2D eigenvalue weighted by atomic mass is 32.2. The summed E-state index contributed by atoms with van der Waals surface area (Å²) in [5, 5.41) is 14.7. The summed E-state index contributed by atoms with van der Waals surface area (Å²) in [6, 6.07) is 7.39. The van der Waals surface area contributed by atoms with Crippen LogP contribution in [0.5, 0.6) is 11.5 Å². The standard InChI is InChI=1S/C17H19N5O4S/c23-15(10-27-17-19-20-21-22(17)11-5-1-2-6-11)18-16(24)14-9-25-12-7-3-4-8-13(12)26-14/h3-4,7-8,11,14H,1-2,5-6,9-10H2,(H,18,23,24)/t14-/m1/s1. The van der Waals surface area contributed by atoms with Gasteiger partial charge in [-0.05, 0) is 35.4 Å². The summed E-state index contributed by atoms with van der Waals surface area (Å²) in [4.78, 5) is 24.4. The summed E-state index contributed by atoms with van der Waals surface area (Å²) in [6.45, 7) is 0.0587. The summed E-state index contributed by atoms with van der Waals surface area (Å²) in [5.41, 5.74) is 0. The van der Waals surface area contributed by atoms with Gasteiger partial charge in [-0.15, -0.1) is 5.10 Å². The van der Waals surface area contributed by atoms with Gasteiger partial charge in [0.25, 0.3) is 5.91 Å². The lowest BCUT2D eigenvalue weighted by atomic mass is 10.2. The fourth-order valence-electron chi connectivity index (χ4n) is 3.19. The molecule has 2 amide bonds. The molecule has 4 rings (SSSR count). The molecule has 1 aliphatic carbocycles. The first-order valence-electron chi connectivity index (χ1n) is 8.83. The third-order valence-corrected chi connectivity index (χ3v) is 5.46. The molecule has 10 heteroatoms. The molecule has 1 aromatic heterocycles. The van der Waals surface area contributed by atoms with Crippen LogP contribution in [0.1, 0.15) is 31.7 Å². The van der Waals surface area contributed by atoms with Crippen molar-refractivity contribution in [2.24, 2.45) is 0 Å². The second kappa shape index (κ2) is 7.95. The average molecular weight is 389 g/mol. The van der Waals surface area contributed by atoms with E-state index in [0.29, 0.717) is 22.7 Å². The van der Waals surface area contributed by atoms with Gasteiger partial charge in [0.05, 0.1) is 11.8 Å². The van der Waals surface area contributed by atoms with Crippen molar-refractivity contribution >= 4 is 23.6 Å². The highest BCUT2D eigenvalue weighted by Crippen LogP contribution is 2.32. The lowest BCUT2D eigenvalue weighted by Gasteiger charge is -2.25. The summed E-state index contributed by atoms with van der Waals surface area (Å²) >= 11 is 1.22. The molecule has 0 bridgehead atoms. The Morgan fingerprint density at radius 2 is 2.00 bits per heavy atom. The van der Waals surface area contributed by atoms with Crippen LogP contribution >= 0.6 is 11.8 Å². The summed E-state index contributed by atoms with van der Waals surface area (Å²) < 4.78 is 12.9. The van der Waals surface area contributed by atoms with Crippen LogP contribution in [0.3, 0.4) is 0 Å². The topological polar surface area (TPSA) is 108 Å². The van der Waals surface area contributed by atoms with Crippen molar-refractivity contribution in [3.63, 3.8) is 0 Å². The van der Waals surface area contributed by atoms with Crippen LogP contribution in [0.25, 0.3) is 0 Å². The molecule has 1 saturated carbocycles. The molecule has 9 nitrogen and oxygen atoms in total. The average Bonchev–Trinajstić information content (AvgIpc) is 3.37. The quantitative estimate of drug-likeness (QED) is 0.764. The van der Waals surface area contributed by atoms with Crippen molar-refractivity contribution in [1.29, 1.82) is 0 Å². The highest BCUT2D eigenvalue weighted by molar-refractivity contribution is 7.99. The summed E-state index contributed by atoms with van der Waals surface area (Å²) in [7, 11) is 0. The van der Waals surface area contributed by atoms with Crippen molar-refractivity contribution in [3.8, 4) is 11.5 Å². The molecule has 0 unspecified atom stereocenters. The number of carbonyl (C=O) groups excluding carboxylic acids is 2. The molecule has 27 heavy (non-hydrogen) atoms. The Kier molecular flexibility index (Phi) is 5.23. The number of imide groups is 1. The molecule has 2 aliphatic rings. The number of tetrazole rings is 1. The van der Waals surface area contributed by atoms with E-state index in [0.717, 1.165) is 25.7 Å². The zero-order valence-electron chi connectivity index (χ0n) is 14.5. The molecule has 1 fully saturated rings. The van der Waals surface area contributed by atoms with E-state index in [1.807, 2.05) is 6.07 Å². The lowest BCUT2D eigenvalue weighted by Crippen LogP contribution is -2.46. The largest absolute Gasteiger partial charge is 0.485 e. The zero-order chi connectivity index (χ0) is 18.6. The molecule has 1 aromatic carbocycles. The van der Waals surface area contributed by atoms with Gasteiger partial charge < -0.3 is 9.47 Å². The third kappa shape index (κ3) is 4.05. The number of fused-ring (bicyclic) bond motifs is 1. The number of thioether (sulfide) groups is 1. The van der Waals surface area contributed by atoms with Crippen molar-refractivity contribution in [2.45, 2.75) is 43.0 Å². The van der Waals surface area contributed by atoms with Crippen LogP contribution in [0.2, 0.25) is 0 Å². The first-order chi connectivity index (χ1) is 13.2. The van der Waals surface area contributed by atoms with Crippen LogP contribution < -0.4 is 14.8 Å². The predicted octanol–water partition coefficient (Wildman–Crippen LogP) is 1.36. The second-order valence-electron chi connectivity index (χ2n) is 6.41. The molecule has 2 heterocycles. The third-order valence-electron chi connectivity index (χ3n) is 4.53. The van der Waals surface area contributed by atoms with Crippen LogP contribution in [0.4, 0.5) is 0 Å². The molecule has 0 saturated heterocycles.